The van der Waals surface area contributed by atoms with Gasteiger partial charge in [0.25, 0.3) is 5.91 Å². The van der Waals surface area contributed by atoms with Crippen molar-refractivity contribution in [1.82, 2.24) is 15.5 Å². The zero-order chi connectivity index (χ0) is 11.4. The molecule has 6 nitrogen and oxygen atoms in total. The SMILES string of the molecule is CC(C)c1[nH]nc(C(=O)NCCO)c1N. The van der Waals surface area contributed by atoms with E-state index in [2.05, 4.69) is 15.5 Å². The molecular weight excluding hydrogens is 196 g/mol. The van der Waals surface area contributed by atoms with Gasteiger partial charge in [0.15, 0.2) is 5.69 Å². The molecule has 1 rings (SSSR count). The molecule has 1 heterocycles. The number of aliphatic hydroxyl groups excluding tert-OH is 1. The predicted molar refractivity (Wildman–Crippen MR) is 56.5 cm³/mol. The number of aliphatic hydroxyl groups is 1. The molecule has 0 saturated carbocycles. The van der Waals surface area contributed by atoms with Gasteiger partial charge < -0.3 is 16.2 Å². The lowest BCUT2D eigenvalue weighted by Crippen LogP contribution is -2.27. The van der Waals surface area contributed by atoms with Crippen molar-refractivity contribution in [2.75, 3.05) is 18.9 Å². The number of anilines is 1. The standard InChI is InChI=1S/C9H16N4O2/c1-5(2)7-6(10)8(13-12-7)9(15)11-3-4-14/h5,14H,3-4,10H2,1-2H3,(H,11,15)(H,12,13). The minimum Gasteiger partial charge on any atom is -0.395 e. The van der Waals surface area contributed by atoms with Gasteiger partial charge in [-0.1, -0.05) is 13.8 Å². The van der Waals surface area contributed by atoms with E-state index in [0.29, 0.717) is 5.69 Å². The van der Waals surface area contributed by atoms with Gasteiger partial charge in [0.05, 0.1) is 18.0 Å². The fourth-order valence-electron chi connectivity index (χ4n) is 1.23. The first-order valence-electron chi connectivity index (χ1n) is 4.80. The van der Waals surface area contributed by atoms with Crippen molar-refractivity contribution >= 4 is 11.6 Å². The van der Waals surface area contributed by atoms with E-state index in [4.69, 9.17) is 10.8 Å². The second kappa shape index (κ2) is 4.79. The Morgan fingerprint density at radius 1 is 1.67 bits per heavy atom. The topological polar surface area (TPSA) is 104 Å². The van der Waals surface area contributed by atoms with E-state index in [1.807, 2.05) is 13.8 Å². The highest BCUT2D eigenvalue weighted by Crippen LogP contribution is 2.21. The Balaban J connectivity index is 2.82. The van der Waals surface area contributed by atoms with Crippen LogP contribution >= 0.6 is 0 Å². The highest BCUT2D eigenvalue weighted by atomic mass is 16.3. The average molecular weight is 212 g/mol. The second-order valence-electron chi connectivity index (χ2n) is 3.53. The van der Waals surface area contributed by atoms with Crippen molar-refractivity contribution in [3.8, 4) is 0 Å². The van der Waals surface area contributed by atoms with E-state index < -0.39 is 0 Å². The first-order chi connectivity index (χ1) is 7.07. The summed E-state index contributed by atoms with van der Waals surface area (Å²) in [5, 5.41) is 17.6. The van der Waals surface area contributed by atoms with Crippen LogP contribution in [0.15, 0.2) is 0 Å². The Labute approximate surface area is 87.9 Å². The van der Waals surface area contributed by atoms with Crippen molar-refractivity contribution in [2.24, 2.45) is 0 Å². The molecule has 0 aliphatic carbocycles. The van der Waals surface area contributed by atoms with Crippen LogP contribution in [0.2, 0.25) is 0 Å². The van der Waals surface area contributed by atoms with E-state index in [0.717, 1.165) is 5.69 Å². The number of carbonyl (C=O) groups is 1. The van der Waals surface area contributed by atoms with E-state index in [9.17, 15) is 4.79 Å². The minimum absolute atomic E-state index is 0.104. The summed E-state index contributed by atoms with van der Waals surface area (Å²) in [5.41, 5.74) is 7.08. The van der Waals surface area contributed by atoms with Gasteiger partial charge in [-0.2, -0.15) is 5.10 Å². The highest BCUT2D eigenvalue weighted by molar-refractivity contribution is 5.97. The number of aromatic amines is 1. The molecule has 0 bridgehead atoms. The van der Waals surface area contributed by atoms with Crippen LogP contribution in [0, 0.1) is 0 Å². The van der Waals surface area contributed by atoms with Crippen LogP contribution in [0.5, 0.6) is 0 Å². The van der Waals surface area contributed by atoms with Crippen LogP contribution in [-0.2, 0) is 0 Å². The highest BCUT2D eigenvalue weighted by Gasteiger charge is 2.18. The maximum absolute atomic E-state index is 11.5. The van der Waals surface area contributed by atoms with Crippen molar-refractivity contribution < 1.29 is 9.90 Å². The molecule has 0 aromatic carbocycles. The molecule has 0 unspecified atom stereocenters. The van der Waals surface area contributed by atoms with Crippen LogP contribution < -0.4 is 11.1 Å². The van der Waals surface area contributed by atoms with Gasteiger partial charge >= 0.3 is 0 Å². The van der Waals surface area contributed by atoms with Crippen molar-refractivity contribution in [2.45, 2.75) is 19.8 Å². The Morgan fingerprint density at radius 2 is 2.33 bits per heavy atom. The molecule has 1 amide bonds. The molecule has 0 fully saturated rings. The lowest BCUT2D eigenvalue weighted by atomic mass is 10.1. The average Bonchev–Trinajstić information content (AvgIpc) is 2.56. The molecule has 1 aromatic rings. The Kier molecular flexibility index (Phi) is 3.68. The van der Waals surface area contributed by atoms with Crippen LogP contribution in [0.25, 0.3) is 0 Å². The maximum atomic E-state index is 11.5. The maximum Gasteiger partial charge on any atom is 0.274 e. The number of nitrogen functional groups attached to an aromatic ring is 1. The quantitative estimate of drug-likeness (QED) is 0.556. The molecule has 0 spiro atoms. The number of nitrogens with one attached hydrogen (secondary N) is 2. The first kappa shape index (κ1) is 11.5. The molecule has 0 aliphatic heterocycles. The molecular formula is C9H16N4O2. The van der Waals surface area contributed by atoms with Gasteiger partial charge in [-0.15, -0.1) is 0 Å². The van der Waals surface area contributed by atoms with Gasteiger partial charge in [-0.05, 0) is 5.92 Å². The fourth-order valence-corrected chi connectivity index (χ4v) is 1.23. The zero-order valence-electron chi connectivity index (χ0n) is 8.87. The Hall–Kier alpha value is -1.56. The van der Waals surface area contributed by atoms with E-state index in [-0.39, 0.29) is 30.7 Å². The number of aromatic nitrogens is 2. The Bertz CT molecular complexity index is 346. The number of H-pyrrole nitrogens is 1. The summed E-state index contributed by atoms with van der Waals surface area (Å²) in [4.78, 5) is 11.5. The van der Waals surface area contributed by atoms with E-state index >= 15 is 0 Å². The van der Waals surface area contributed by atoms with Crippen molar-refractivity contribution in [3.63, 3.8) is 0 Å². The summed E-state index contributed by atoms with van der Waals surface area (Å²) in [6.45, 7) is 4.01. The van der Waals surface area contributed by atoms with Gasteiger partial charge in [-0.3, -0.25) is 9.89 Å². The number of hydrogen-bond donors (Lipinski definition) is 4. The van der Waals surface area contributed by atoms with Gasteiger partial charge in [0, 0.05) is 6.54 Å². The normalized spacial score (nSPS) is 10.7. The lowest BCUT2D eigenvalue weighted by molar-refractivity contribution is 0.0940. The van der Waals surface area contributed by atoms with E-state index in [1.165, 1.54) is 0 Å². The number of amides is 1. The minimum atomic E-state index is -0.371. The molecule has 0 atom stereocenters. The molecule has 84 valence electrons. The molecule has 0 aliphatic rings. The molecule has 0 saturated heterocycles. The number of hydrogen-bond acceptors (Lipinski definition) is 4. The Morgan fingerprint density at radius 3 is 2.80 bits per heavy atom. The zero-order valence-corrected chi connectivity index (χ0v) is 8.87. The van der Waals surface area contributed by atoms with E-state index in [1.54, 1.807) is 0 Å². The van der Waals surface area contributed by atoms with Crippen LogP contribution in [-0.4, -0.2) is 34.4 Å². The summed E-state index contributed by atoms with van der Waals surface area (Å²) in [6.07, 6.45) is 0. The third-order valence-corrected chi connectivity index (χ3v) is 2.02. The van der Waals surface area contributed by atoms with Gasteiger partial charge in [0.2, 0.25) is 0 Å². The summed E-state index contributed by atoms with van der Waals surface area (Å²) >= 11 is 0. The van der Waals surface area contributed by atoms with Crippen LogP contribution in [0.1, 0.15) is 35.9 Å². The summed E-state index contributed by atoms with van der Waals surface area (Å²) in [7, 11) is 0. The number of nitrogens with two attached hydrogens (primary N) is 1. The number of nitrogens with zero attached hydrogens (tertiary/aromatic N) is 1. The van der Waals surface area contributed by atoms with Crippen LogP contribution in [0.3, 0.4) is 0 Å². The third kappa shape index (κ3) is 2.47. The largest absolute Gasteiger partial charge is 0.395 e. The first-order valence-corrected chi connectivity index (χ1v) is 4.80. The molecule has 0 radical (unpaired) electrons. The number of carbonyl (C=O) groups excluding carboxylic acids is 1. The second-order valence-corrected chi connectivity index (χ2v) is 3.53. The summed E-state index contributed by atoms with van der Waals surface area (Å²) in [6, 6.07) is 0. The monoisotopic (exact) mass is 212 g/mol. The van der Waals surface area contributed by atoms with Gasteiger partial charge in [-0.25, -0.2) is 0 Å². The number of rotatable bonds is 4. The smallest absolute Gasteiger partial charge is 0.274 e. The lowest BCUT2D eigenvalue weighted by Gasteiger charge is -2.03. The molecule has 5 N–H and O–H groups in total. The fraction of sp³-hybridized carbons (Fsp3) is 0.556. The molecule has 1 aromatic heterocycles. The predicted octanol–water partition coefficient (Wildman–Crippen LogP) is -0.163. The van der Waals surface area contributed by atoms with Crippen LogP contribution in [0.4, 0.5) is 5.69 Å². The molecule has 6 heteroatoms. The summed E-state index contributed by atoms with van der Waals surface area (Å²) < 4.78 is 0. The van der Waals surface area contributed by atoms with Crippen molar-refractivity contribution in [3.05, 3.63) is 11.4 Å². The molecule has 15 heavy (non-hydrogen) atoms. The third-order valence-electron chi connectivity index (χ3n) is 2.02. The summed E-state index contributed by atoms with van der Waals surface area (Å²) in [5.74, 6) is -0.179. The van der Waals surface area contributed by atoms with Crippen molar-refractivity contribution in [1.29, 1.82) is 0 Å². The van der Waals surface area contributed by atoms with Gasteiger partial charge in [0.1, 0.15) is 0 Å².